The zero-order valence-electron chi connectivity index (χ0n) is 14.7. The summed E-state index contributed by atoms with van der Waals surface area (Å²) < 4.78 is 1.64. The molecule has 3 amide bonds. The summed E-state index contributed by atoms with van der Waals surface area (Å²) in [5.74, 6) is -0.511. The van der Waals surface area contributed by atoms with E-state index >= 15 is 0 Å². The second-order valence-corrected chi connectivity index (χ2v) is 7.25. The number of rotatable bonds is 5. The lowest BCUT2D eigenvalue weighted by Gasteiger charge is -2.21. The molecule has 8 nitrogen and oxygen atoms in total. The molecule has 0 aliphatic carbocycles. The van der Waals surface area contributed by atoms with E-state index in [0.29, 0.717) is 24.3 Å². The van der Waals surface area contributed by atoms with Gasteiger partial charge in [-0.15, -0.1) is 6.58 Å². The minimum absolute atomic E-state index is 0.184. The first-order valence-electron chi connectivity index (χ1n) is 8.15. The van der Waals surface area contributed by atoms with Crippen molar-refractivity contribution in [1.29, 1.82) is 0 Å². The van der Waals surface area contributed by atoms with Crippen LogP contribution in [0.25, 0.3) is 5.70 Å². The zero-order chi connectivity index (χ0) is 18.4. The normalized spacial score (nSPS) is 20.0. The molecule has 2 bridgehead atoms. The van der Waals surface area contributed by atoms with Crippen LogP contribution in [0.2, 0.25) is 0 Å². The Morgan fingerprint density at radius 2 is 2.24 bits per heavy atom. The van der Waals surface area contributed by atoms with Gasteiger partial charge in [0, 0.05) is 18.2 Å². The van der Waals surface area contributed by atoms with Crippen LogP contribution >= 0.6 is 0 Å². The quantitative estimate of drug-likeness (QED) is 0.815. The predicted molar refractivity (Wildman–Crippen MR) is 92.5 cm³/mol. The molecule has 0 saturated carbocycles. The monoisotopic (exact) mass is 345 g/mol. The van der Waals surface area contributed by atoms with Crippen molar-refractivity contribution in [2.45, 2.75) is 32.2 Å². The molecule has 134 valence electrons. The molecule has 1 unspecified atom stereocenters. The summed E-state index contributed by atoms with van der Waals surface area (Å²) in [6.07, 6.45) is 5.17. The van der Waals surface area contributed by atoms with Gasteiger partial charge in [-0.25, -0.2) is 9.48 Å². The molecule has 1 atom stereocenters. The van der Waals surface area contributed by atoms with Gasteiger partial charge >= 0.3 is 6.03 Å². The van der Waals surface area contributed by atoms with Gasteiger partial charge in [0.05, 0.1) is 36.1 Å². The van der Waals surface area contributed by atoms with E-state index in [-0.39, 0.29) is 24.1 Å². The molecule has 3 rings (SSSR count). The van der Waals surface area contributed by atoms with Crippen LogP contribution in [0.1, 0.15) is 36.8 Å². The van der Waals surface area contributed by atoms with Gasteiger partial charge in [-0.2, -0.15) is 10.2 Å². The highest BCUT2D eigenvalue weighted by molar-refractivity contribution is 5.94. The Morgan fingerprint density at radius 1 is 1.52 bits per heavy atom. The van der Waals surface area contributed by atoms with E-state index in [9.17, 15) is 9.59 Å². The fourth-order valence-corrected chi connectivity index (χ4v) is 3.07. The molecule has 2 aliphatic heterocycles. The number of nitrogens with zero attached hydrogens (tertiary/aromatic N) is 4. The van der Waals surface area contributed by atoms with Crippen LogP contribution in [0.4, 0.5) is 4.79 Å². The Morgan fingerprint density at radius 3 is 2.80 bits per heavy atom. The third-order valence-electron chi connectivity index (χ3n) is 4.22. The maximum absolute atomic E-state index is 12.4. The van der Waals surface area contributed by atoms with Gasteiger partial charge in [0.1, 0.15) is 0 Å². The number of hydrogen-bond acceptors (Lipinski definition) is 4. The highest BCUT2D eigenvalue weighted by Crippen LogP contribution is 2.29. The van der Waals surface area contributed by atoms with E-state index in [2.05, 4.69) is 11.7 Å². The predicted octanol–water partition coefficient (Wildman–Crippen LogP) is 1.36. The highest BCUT2D eigenvalue weighted by Gasteiger charge is 2.41. The Labute approximate surface area is 146 Å². The number of carbonyl (C=O) groups is 2. The van der Waals surface area contributed by atoms with E-state index in [1.54, 1.807) is 21.9 Å². The Balaban J connectivity index is 1.94. The maximum Gasteiger partial charge on any atom is 0.345 e. The average Bonchev–Trinajstić information content (AvgIpc) is 3.07. The molecular weight excluding hydrogens is 322 g/mol. The van der Waals surface area contributed by atoms with E-state index in [1.165, 1.54) is 5.06 Å². The third kappa shape index (κ3) is 3.05. The van der Waals surface area contributed by atoms with Crippen molar-refractivity contribution in [2.24, 2.45) is 5.73 Å². The van der Waals surface area contributed by atoms with Crippen molar-refractivity contribution >= 4 is 17.6 Å². The first kappa shape index (κ1) is 17.2. The first-order chi connectivity index (χ1) is 11.7. The van der Waals surface area contributed by atoms with Crippen molar-refractivity contribution < 1.29 is 14.4 Å². The van der Waals surface area contributed by atoms with Gasteiger partial charge in [0.25, 0.3) is 5.91 Å². The minimum atomic E-state index is -0.511. The summed E-state index contributed by atoms with van der Waals surface area (Å²) in [5.41, 5.74) is 7.03. The van der Waals surface area contributed by atoms with Crippen molar-refractivity contribution in [3.05, 3.63) is 36.2 Å². The van der Waals surface area contributed by atoms with Crippen LogP contribution in [-0.4, -0.2) is 57.4 Å². The molecule has 3 heterocycles. The molecule has 0 spiro atoms. The molecule has 8 heteroatoms. The van der Waals surface area contributed by atoms with Gasteiger partial charge in [-0.1, -0.05) is 26.8 Å². The van der Waals surface area contributed by atoms with Crippen molar-refractivity contribution in [3.8, 4) is 0 Å². The van der Waals surface area contributed by atoms with Crippen LogP contribution in [0.15, 0.2) is 24.9 Å². The van der Waals surface area contributed by atoms with Gasteiger partial charge < -0.3 is 10.6 Å². The number of primary amides is 1. The molecule has 1 saturated heterocycles. The Kier molecular flexibility index (Phi) is 4.16. The van der Waals surface area contributed by atoms with E-state index in [0.717, 1.165) is 5.70 Å². The number of aromatic nitrogens is 2. The van der Waals surface area contributed by atoms with Crippen molar-refractivity contribution in [1.82, 2.24) is 19.7 Å². The molecule has 1 aromatic heterocycles. The molecule has 1 aromatic rings. The highest BCUT2D eigenvalue weighted by atomic mass is 16.7. The number of carbonyl (C=O) groups excluding carboxylic acids is 2. The summed E-state index contributed by atoms with van der Waals surface area (Å²) in [6.45, 7) is 10.7. The lowest BCUT2D eigenvalue weighted by Crippen LogP contribution is -2.33. The summed E-state index contributed by atoms with van der Waals surface area (Å²) in [5, 5.41) is 5.93. The summed E-state index contributed by atoms with van der Waals surface area (Å²) >= 11 is 0. The largest absolute Gasteiger partial charge is 0.365 e. The fraction of sp³-hybridized carbons (Fsp3) is 0.471. The third-order valence-corrected chi connectivity index (χ3v) is 4.22. The second-order valence-electron chi connectivity index (χ2n) is 7.25. The molecule has 25 heavy (non-hydrogen) atoms. The number of fused-ring (bicyclic) bond motifs is 2. The smallest absolute Gasteiger partial charge is 0.345 e. The summed E-state index contributed by atoms with van der Waals surface area (Å²) in [6, 6.07) is -0.382. The number of hydrogen-bond donors (Lipinski definition) is 1. The van der Waals surface area contributed by atoms with E-state index < -0.39 is 5.91 Å². The number of hydroxylamine groups is 2. The zero-order valence-corrected chi connectivity index (χ0v) is 14.7. The lowest BCUT2D eigenvalue weighted by atomic mass is 9.89. The maximum atomic E-state index is 12.4. The van der Waals surface area contributed by atoms with Crippen molar-refractivity contribution in [3.63, 3.8) is 0 Å². The van der Waals surface area contributed by atoms with Gasteiger partial charge in [0.15, 0.2) is 0 Å². The SMILES string of the molecule is C=CCON1C(=O)N2CC(n3cc(C(N)=O)c(C(C)(C)C)n3)=CC1C2. The Bertz CT molecular complexity index is 759. The van der Waals surface area contributed by atoms with E-state index in [1.807, 2.05) is 26.8 Å². The van der Waals surface area contributed by atoms with Crippen LogP contribution in [-0.2, 0) is 10.3 Å². The standard InChI is InChI=1S/C17H23N5O3/c1-5-6-25-22-12-7-11(8-20(9-12)16(22)24)21-10-13(15(18)23)14(19-21)17(2,3)4/h5,7,10,12H,1,6,8-9H2,2-4H3,(H2,18,23). The van der Waals surface area contributed by atoms with Crippen LogP contribution in [0, 0.1) is 0 Å². The molecule has 2 N–H and O–H groups in total. The van der Waals surface area contributed by atoms with Crippen LogP contribution in [0.3, 0.4) is 0 Å². The average molecular weight is 345 g/mol. The number of nitrogens with two attached hydrogens (primary N) is 1. The lowest BCUT2D eigenvalue weighted by molar-refractivity contribution is -0.107. The van der Waals surface area contributed by atoms with Gasteiger partial charge in [-0.3, -0.25) is 9.63 Å². The summed E-state index contributed by atoms with van der Waals surface area (Å²) in [4.78, 5) is 31.3. The Hall–Kier alpha value is -2.61. The molecular formula is C17H23N5O3. The topological polar surface area (TPSA) is 93.7 Å². The second kappa shape index (κ2) is 6.03. The number of urea groups is 1. The molecule has 0 aromatic carbocycles. The first-order valence-corrected chi connectivity index (χ1v) is 8.15. The van der Waals surface area contributed by atoms with Gasteiger partial charge in [0.2, 0.25) is 0 Å². The van der Waals surface area contributed by atoms with E-state index in [4.69, 9.17) is 10.6 Å². The summed E-state index contributed by atoms with van der Waals surface area (Å²) in [7, 11) is 0. The molecule has 0 radical (unpaired) electrons. The van der Waals surface area contributed by atoms with Crippen molar-refractivity contribution in [2.75, 3.05) is 19.7 Å². The fourth-order valence-electron chi connectivity index (χ4n) is 3.07. The molecule has 1 fully saturated rings. The van der Waals surface area contributed by atoms with Crippen LogP contribution in [0.5, 0.6) is 0 Å². The number of amides is 3. The van der Waals surface area contributed by atoms with Gasteiger partial charge in [-0.05, 0) is 6.08 Å². The minimum Gasteiger partial charge on any atom is -0.365 e. The van der Waals surface area contributed by atoms with Crippen LogP contribution < -0.4 is 5.73 Å². The molecule has 2 aliphatic rings.